The molecule has 6 nitrogen and oxygen atoms in total. The van der Waals surface area contributed by atoms with Gasteiger partial charge in [-0.05, 0) is 43.1 Å². The van der Waals surface area contributed by atoms with Gasteiger partial charge in [0.15, 0.2) is 0 Å². The van der Waals surface area contributed by atoms with Crippen molar-refractivity contribution in [3.05, 3.63) is 70.7 Å². The Kier molecular flexibility index (Phi) is 4.62. The van der Waals surface area contributed by atoms with Crippen molar-refractivity contribution in [2.24, 2.45) is 5.92 Å². The van der Waals surface area contributed by atoms with E-state index in [1.54, 1.807) is 23.2 Å². The van der Waals surface area contributed by atoms with E-state index >= 15 is 0 Å². The number of likely N-dealkylation sites (tertiary alicyclic amines) is 1. The highest BCUT2D eigenvalue weighted by Crippen LogP contribution is 2.38. The van der Waals surface area contributed by atoms with Crippen LogP contribution in [0.15, 0.2) is 53.7 Å². The van der Waals surface area contributed by atoms with Crippen LogP contribution in [0.5, 0.6) is 0 Å². The minimum absolute atomic E-state index is 0.00660. The van der Waals surface area contributed by atoms with Crippen LogP contribution in [0, 0.1) is 5.92 Å². The molecular weight excluding hydrogens is 364 g/mol. The Bertz CT molecular complexity index is 1110. The number of nitrogens with zero attached hydrogens (tertiary/aromatic N) is 4. The molecule has 3 aromatic rings. The molecule has 0 bridgehead atoms. The Hall–Kier alpha value is -3.02. The molecule has 0 spiro atoms. The smallest absolute Gasteiger partial charge is 0.273 e. The first-order valence-electron chi connectivity index (χ1n) is 10.4. The van der Waals surface area contributed by atoms with E-state index in [0.29, 0.717) is 37.2 Å². The van der Waals surface area contributed by atoms with E-state index < -0.39 is 0 Å². The minimum atomic E-state index is -0.00660. The number of carbonyl (C=O) groups is 1. The van der Waals surface area contributed by atoms with E-state index in [-0.39, 0.29) is 11.5 Å². The van der Waals surface area contributed by atoms with Crippen LogP contribution in [-0.4, -0.2) is 38.4 Å². The summed E-state index contributed by atoms with van der Waals surface area (Å²) >= 11 is 0. The number of fused-ring (bicyclic) bond motifs is 1. The first-order chi connectivity index (χ1) is 14.2. The number of rotatable bonds is 4. The number of hydrogen-bond acceptors (Lipinski definition) is 4. The molecule has 0 atom stereocenters. The van der Waals surface area contributed by atoms with Crippen molar-refractivity contribution in [2.45, 2.75) is 38.1 Å². The average molecular weight is 388 g/mol. The summed E-state index contributed by atoms with van der Waals surface area (Å²) in [6.45, 7) is 2.05. The Morgan fingerprint density at radius 2 is 1.83 bits per heavy atom. The molecule has 1 saturated carbocycles. The lowest BCUT2D eigenvalue weighted by Gasteiger charge is -2.32. The zero-order chi connectivity index (χ0) is 19.8. The standard InChI is InChI=1S/C23H24N4O2/c28-21-13-20(18-5-6-18)25-15-27(21)14-16-8-11-26(12-9-16)23(29)22-19-4-2-1-3-17(19)7-10-24-22/h1-4,7,10,13,15-16,18H,5-6,8-9,11-12,14H2. The summed E-state index contributed by atoms with van der Waals surface area (Å²) in [5.41, 5.74) is 1.51. The summed E-state index contributed by atoms with van der Waals surface area (Å²) < 4.78 is 1.72. The van der Waals surface area contributed by atoms with Gasteiger partial charge in [0.05, 0.1) is 12.0 Å². The van der Waals surface area contributed by atoms with E-state index in [1.807, 2.05) is 35.2 Å². The Labute approximate surface area is 169 Å². The Morgan fingerprint density at radius 3 is 2.59 bits per heavy atom. The number of pyridine rings is 1. The van der Waals surface area contributed by atoms with Crippen LogP contribution >= 0.6 is 0 Å². The van der Waals surface area contributed by atoms with Gasteiger partial charge in [-0.25, -0.2) is 4.98 Å². The predicted octanol–water partition coefficient (Wildman–Crippen LogP) is 3.22. The van der Waals surface area contributed by atoms with Crippen molar-refractivity contribution in [3.63, 3.8) is 0 Å². The second-order valence-corrected chi connectivity index (χ2v) is 8.19. The molecule has 29 heavy (non-hydrogen) atoms. The van der Waals surface area contributed by atoms with Gasteiger partial charge in [0.25, 0.3) is 11.5 Å². The van der Waals surface area contributed by atoms with Crippen molar-refractivity contribution >= 4 is 16.7 Å². The summed E-state index contributed by atoms with van der Waals surface area (Å²) in [6, 6.07) is 11.5. The molecule has 1 aliphatic carbocycles. The molecule has 3 heterocycles. The van der Waals surface area contributed by atoms with Gasteiger partial charge in [-0.3, -0.25) is 19.1 Å². The number of aromatic nitrogens is 3. The van der Waals surface area contributed by atoms with Crippen LogP contribution in [0.3, 0.4) is 0 Å². The monoisotopic (exact) mass is 388 g/mol. The number of piperidine rings is 1. The van der Waals surface area contributed by atoms with Gasteiger partial charge in [0, 0.05) is 43.2 Å². The molecule has 2 aromatic heterocycles. The molecule has 0 radical (unpaired) electrons. The van der Waals surface area contributed by atoms with Crippen molar-refractivity contribution < 1.29 is 4.79 Å². The zero-order valence-electron chi connectivity index (χ0n) is 16.3. The van der Waals surface area contributed by atoms with Gasteiger partial charge < -0.3 is 4.90 Å². The van der Waals surface area contributed by atoms with Gasteiger partial charge in [0.1, 0.15) is 5.69 Å². The lowest BCUT2D eigenvalue weighted by atomic mass is 9.96. The van der Waals surface area contributed by atoms with Crippen LogP contribution in [-0.2, 0) is 6.54 Å². The van der Waals surface area contributed by atoms with Crippen LogP contribution in [0.4, 0.5) is 0 Å². The molecule has 0 unspecified atom stereocenters. The highest BCUT2D eigenvalue weighted by atomic mass is 16.2. The highest BCUT2D eigenvalue weighted by molar-refractivity contribution is 6.05. The first kappa shape index (κ1) is 18.0. The van der Waals surface area contributed by atoms with E-state index in [4.69, 9.17) is 0 Å². The van der Waals surface area contributed by atoms with Crippen LogP contribution in [0.2, 0.25) is 0 Å². The van der Waals surface area contributed by atoms with E-state index in [9.17, 15) is 9.59 Å². The molecule has 1 aliphatic heterocycles. The van der Waals surface area contributed by atoms with Crippen molar-refractivity contribution in [1.29, 1.82) is 0 Å². The van der Waals surface area contributed by atoms with E-state index in [2.05, 4.69) is 9.97 Å². The summed E-state index contributed by atoms with van der Waals surface area (Å²) in [4.78, 5) is 36.1. The summed E-state index contributed by atoms with van der Waals surface area (Å²) in [6.07, 6.45) is 7.46. The molecule has 1 saturated heterocycles. The van der Waals surface area contributed by atoms with Crippen LogP contribution in [0.1, 0.15) is 47.8 Å². The topological polar surface area (TPSA) is 68.1 Å². The summed E-state index contributed by atoms with van der Waals surface area (Å²) in [5.74, 6) is 0.868. The van der Waals surface area contributed by atoms with Gasteiger partial charge in [-0.2, -0.15) is 0 Å². The fourth-order valence-electron chi connectivity index (χ4n) is 4.22. The number of carbonyl (C=O) groups excluding carboxylic acids is 1. The van der Waals surface area contributed by atoms with Gasteiger partial charge >= 0.3 is 0 Å². The maximum atomic E-state index is 13.0. The largest absolute Gasteiger partial charge is 0.337 e. The maximum absolute atomic E-state index is 13.0. The second kappa shape index (κ2) is 7.43. The third kappa shape index (κ3) is 3.67. The third-order valence-corrected chi connectivity index (χ3v) is 6.13. The van der Waals surface area contributed by atoms with E-state index in [0.717, 1.165) is 42.1 Å². The Balaban J connectivity index is 1.24. The normalized spacial score (nSPS) is 17.6. The SMILES string of the molecule is O=C(c1nccc2ccccc12)N1CCC(Cn2cnc(C3CC3)cc2=O)CC1. The van der Waals surface area contributed by atoms with Gasteiger partial charge in [-0.1, -0.05) is 24.3 Å². The number of hydrogen-bond donors (Lipinski definition) is 0. The van der Waals surface area contributed by atoms with Gasteiger partial charge in [-0.15, -0.1) is 0 Å². The lowest BCUT2D eigenvalue weighted by molar-refractivity contribution is 0.0678. The molecule has 6 heteroatoms. The fourth-order valence-corrected chi connectivity index (χ4v) is 4.22. The first-order valence-corrected chi connectivity index (χ1v) is 10.4. The molecule has 5 rings (SSSR count). The quantitative estimate of drug-likeness (QED) is 0.688. The Morgan fingerprint density at radius 1 is 1.03 bits per heavy atom. The van der Waals surface area contributed by atoms with Crippen molar-refractivity contribution in [3.8, 4) is 0 Å². The van der Waals surface area contributed by atoms with E-state index in [1.165, 1.54) is 0 Å². The average Bonchev–Trinajstić information content (AvgIpc) is 3.60. The summed E-state index contributed by atoms with van der Waals surface area (Å²) in [7, 11) is 0. The zero-order valence-corrected chi connectivity index (χ0v) is 16.3. The number of benzene rings is 1. The number of amides is 1. The maximum Gasteiger partial charge on any atom is 0.273 e. The minimum Gasteiger partial charge on any atom is -0.337 e. The summed E-state index contributed by atoms with van der Waals surface area (Å²) in [5, 5.41) is 1.93. The fraction of sp³-hybridized carbons (Fsp3) is 0.391. The molecular formula is C23H24N4O2. The van der Waals surface area contributed by atoms with Gasteiger partial charge in [0.2, 0.25) is 0 Å². The second-order valence-electron chi connectivity index (χ2n) is 8.19. The molecule has 1 amide bonds. The molecule has 148 valence electrons. The molecule has 2 aliphatic rings. The molecule has 0 N–H and O–H groups in total. The molecule has 2 fully saturated rings. The lowest BCUT2D eigenvalue weighted by Crippen LogP contribution is -2.40. The molecule has 1 aromatic carbocycles. The highest BCUT2D eigenvalue weighted by Gasteiger charge is 2.27. The van der Waals surface area contributed by atoms with Crippen LogP contribution in [0.25, 0.3) is 10.8 Å². The third-order valence-electron chi connectivity index (χ3n) is 6.13. The van der Waals surface area contributed by atoms with Crippen molar-refractivity contribution in [1.82, 2.24) is 19.4 Å². The van der Waals surface area contributed by atoms with Crippen molar-refractivity contribution in [2.75, 3.05) is 13.1 Å². The predicted molar refractivity (Wildman–Crippen MR) is 111 cm³/mol. The van der Waals surface area contributed by atoms with Crippen LogP contribution < -0.4 is 5.56 Å².